The molecule has 8 aromatic heterocycles. The largest absolute Gasteiger partial charge is 0.332 e. The van der Waals surface area contributed by atoms with Crippen molar-refractivity contribution < 1.29 is 0 Å². The topological polar surface area (TPSA) is 82.5 Å². The minimum absolute atomic E-state index is 0.0443. The van der Waals surface area contributed by atoms with Gasteiger partial charge in [-0.25, -0.2) is 4.98 Å². The average Bonchev–Trinajstić information content (AvgIpc) is 4.09. The van der Waals surface area contributed by atoms with E-state index in [1.807, 2.05) is 49.1 Å². The fourth-order valence-electron chi connectivity index (χ4n) is 10.5. The molecule has 14 rings (SSSR count). The number of nitrogens with zero attached hydrogens (tertiary/aromatic N) is 9. The Labute approximate surface area is 366 Å². The zero-order chi connectivity index (χ0) is 41.9. The maximum absolute atomic E-state index is 5.69. The molecule has 0 radical (unpaired) electrons. The summed E-state index contributed by atoms with van der Waals surface area (Å²) in [6.45, 7) is 0. The molecule has 0 N–H and O–H groups in total. The highest BCUT2D eigenvalue weighted by Crippen LogP contribution is 2.48. The summed E-state index contributed by atoms with van der Waals surface area (Å²) < 4.78 is 6.93. The Kier molecular flexibility index (Phi) is 7.32. The number of benzene rings is 4. The lowest BCUT2D eigenvalue weighted by Crippen LogP contribution is -2.28. The summed E-state index contributed by atoms with van der Waals surface area (Å²) in [5, 5.41) is 3.26. The van der Waals surface area contributed by atoms with Crippen LogP contribution in [0.2, 0.25) is 0 Å². The van der Waals surface area contributed by atoms with Gasteiger partial charge in [0.1, 0.15) is 5.82 Å². The molecule has 9 heterocycles. The lowest BCUT2D eigenvalue weighted by Gasteiger charge is -2.29. The average molecular weight is 822 g/mol. The number of pyridine rings is 5. The van der Waals surface area contributed by atoms with Gasteiger partial charge in [0.25, 0.3) is 0 Å². The fraction of sp³-hybridized carbons (Fsp3) is 0.0364. The summed E-state index contributed by atoms with van der Waals surface area (Å²) in [4.78, 5) is 27.8. The number of para-hydroxylation sites is 3. The van der Waals surface area contributed by atoms with Crippen molar-refractivity contribution in [3.63, 3.8) is 0 Å². The molecule has 300 valence electrons. The zero-order valence-electron chi connectivity index (χ0n) is 34.2. The Morgan fingerprint density at radius 3 is 1.55 bits per heavy atom. The molecule has 0 spiro atoms. The van der Waals surface area contributed by atoms with Crippen LogP contribution in [0.25, 0.3) is 94.3 Å². The van der Waals surface area contributed by atoms with E-state index < -0.39 is 0 Å². The van der Waals surface area contributed by atoms with Crippen LogP contribution in [0.1, 0.15) is 11.6 Å². The lowest BCUT2D eigenvalue weighted by molar-refractivity contribution is 0.732. The highest BCUT2D eigenvalue weighted by atomic mass is 15.2. The van der Waals surface area contributed by atoms with Crippen LogP contribution in [-0.2, 0) is 0 Å². The van der Waals surface area contributed by atoms with Crippen LogP contribution in [0.4, 0.5) is 11.4 Å². The summed E-state index contributed by atoms with van der Waals surface area (Å²) in [7, 11) is 0. The molecule has 64 heavy (non-hydrogen) atoms. The van der Waals surface area contributed by atoms with Crippen molar-refractivity contribution in [3.05, 3.63) is 206 Å². The number of rotatable bonds is 5. The molecule has 9 nitrogen and oxygen atoms in total. The van der Waals surface area contributed by atoms with Crippen LogP contribution in [0.5, 0.6) is 0 Å². The summed E-state index contributed by atoms with van der Waals surface area (Å²) in [5.41, 5.74) is 16.0. The molecule has 1 unspecified atom stereocenters. The van der Waals surface area contributed by atoms with Crippen molar-refractivity contribution in [2.75, 3.05) is 4.90 Å². The second kappa shape index (κ2) is 13.4. The summed E-state index contributed by atoms with van der Waals surface area (Å²) >= 11 is 0. The van der Waals surface area contributed by atoms with E-state index in [1.165, 1.54) is 0 Å². The Balaban J connectivity index is 1.10. The van der Waals surface area contributed by atoms with Gasteiger partial charge in [-0.05, 0) is 91.0 Å². The third-order valence-electron chi connectivity index (χ3n) is 13.1. The molecule has 2 atom stereocenters. The van der Waals surface area contributed by atoms with Gasteiger partial charge < -0.3 is 14.0 Å². The molecule has 2 aliphatic rings. The van der Waals surface area contributed by atoms with Crippen molar-refractivity contribution in [3.8, 4) is 28.5 Å². The molecule has 0 amide bonds. The van der Waals surface area contributed by atoms with Gasteiger partial charge >= 0.3 is 0 Å². The van der Waals surface area contributed by atoms with E-state index in [1.54, 1.807) is 0 Å². The number of hydrogen-bond donors (Lipinski definition) is 0. The van der Waals surface area contributed by atoms with E-state index in [0.29, 0.717) is 0 Å². The van der Waals surface area contributed by atoms with E-state index in [2.05, 4.69) is 170 Å². The number of aromatic nitrogens is 8. The standard InChI is InChI=1S/C55H35N9/c1-5-17-43-38(13-1)52-47(21-9-25-56-52)61(43)35-29-34(30-36(31-35)62-44-18-6-2-14-39(44)53-48(62)22-10-26-57-53)42-32-37(63-45-19-7-3-15-40(45)54-49(63)23-11-27-58-54)33-51(60-42)64-46-20-8-4-16-41(46)55-50(64)24-12-28-59-55/h1-33,38,43H/t38-,43?/m1/s1. The number of allylic oxidation sites excluding steroid dienone is 2. The summed E-state index contributed by atoms with van der Waals surface area (Å²) in [6.07, 6.45) is 16.4. The first kappa shape index (κ1) is 35.0. The lowest BCUT2D eigenvalue weighted by atomic mass is 9.94. The molecular formula is C55H35N9. The second-order valence-corrected chi connectivity index (χ2v) is 16.5. The number of hydrogen-bond acceptors (Lipinski definition) is 6. The molecule has 4 aromatic carbocycles. The molecule has 1 aliphatic heterocycles. The van der Waals surface area contributed by atoms with Crippen LogP contribution in [-0.4, -0.2) is 44.7 Å². The van der Waals surface area contributed by atoms with Crippen molar-refractivity contribution in [1.29, 1.82) is 0 Å². The first-order valence-electron chi connectivity index (χ1n) is 21.6. The van der Waals surface area contributed by atoms with E-state index in [-0.39, 0.29) is 12.0 Å². The van der Waals surface area contributed by atoms with E-state index >= 15 is 0 Å². The van der Waals surface area contributed by atoms with Gasteiger partial charge in [-0.1, -0.05) is 78.9 Å². The van der Waals surface area contributed by atoms with Crippen LogP contribution in [0.15, 0.2) is 201 Å². The van der Waals surface area contributed by atoms with Crippen LogP contribution in [0.3, 0.4) is 0 Å². The predicted octanol–water partition coefficient (Wildman–Crippen LogP) is 12.3. The molecule has 0 saturated carbocycles. The van der Waals surface area contributed by atoms with E-state index in [4.69, 9.17) is 24.9 Å². The number of anilines is 2. The number of fused-ring (bicyclic) bond motifs is 12. The van der Waals surface area contributed by atoms with Gasteiger partial charge in [0.05, 0.1) is 78.5 Å². The van der Waals surface area contributed by atoms with Crippen molar-refractivity contribution in [2.45, 2.75) is 12.0 Å². The predicted molar refractivity (Wildman–Crippen MR) is 257 cm³/mol. The molecule has 12 aromatic rings. The van der Waals surface area contributed by atoms with Crippen LogP contribution in [0, 0.1) is 0 Å². The minimum atomic E-state index is 0.0443. The SMILES string of the molecule is C1=CC2[C@@H](C=C1)c1ncccc1N2c1cc(-c2cc(-n3c4ccccc4c4ncccc43)cc(-n3c4ccccc4c4ncccc43)n2)cc(-n2c3ccccc3c3ncccc32)c1. The van der Waals surface area contributed by atoms with Gasteiger partial charge in [0.15, 0.2) is 0 Å². The second-order valence-electron chi connectivity index (χ2n) is 16.5. The third kappa shape index (κ3) is 4.97. The third-order valence-corrected chi connectivity index (χ3v) is 13.1. The van der Waals surface area contributed by atoms with E-state index in [0.717, 1.165) is 111 Å². The van der Waals surface area contributed by atoms with Gasteiger partial charge in [-0.2, -0.15) is 0 Å². The molecule has 0 bridgehead atoms. The van der Waals surface area contributed by atoms with Gasteiger partial charge in [0, 0.05) is 69.9 Å². The molecular weight excluding hydrogens is 787 g/mol. The van der Waals surface area contributed by atoms with E-state index in [9.17, 15) is 0 Å². The van der Waals surface area contributed by atoms with Crippen molar-refractivity contribution in [1.82, 2.24) is 38.6 Å². The van der Waals surface area contributed by atoms with Crippen molar-refractivity contribution in [2.24, 2.45) is 0 Å². The van der Waals surface area contributed by atoms with Crippen LogP contribution >= 0.6 is 0 Å². The molecule has 1 aliphatic carbocycles. The Morgan fingerprint density at radius 1 is 0.406 bits per heavy atom. The normalized spacial score (nSPS) is 15.7. The highest BCUT2D eigenvalue weighted by molar-refractivity contribution is 6.09. The monoisotopic (exact) mass is 821 g/mol. The smallest absolute Gasteiger partial charge is 0.140 e. The minimum Gasteiger partial charge on any atom is -0.332 e. The maximum Gasteiger partial charge on any atom is 0.140 e. The Hall–Kier alpha value is -8.69. The Bertz CT molecular complexity index is 3670. The van der Waals surface area contributed by atoms with Gasteiger partial charge in [0.2, 0.25) is 0 Å². The summed E-state index contributed by atoms with van der Waals surface area (Å²) in [6, 6.07) is 53.6. The zero-order valence-corrected chi connectivity index (χ0v) is 34.2. The summed E-state index contributed by atoms with van der Waals surface area (Å²) in [5.74, 6) is 0.900. The molecule has 0 saturated heterocycles. The first-order chi connectivity index (χ1) is 31.8. The van der Waals surface area contributed by atoms with Crippen molar-refractivity contribution >= 4 is 77.2 Å². The Morgan fingerprint density at radius 2 is 0.906 bits per heavy atom. The quantitative estimate of drug-likeness (QED) is 0.172. The molecule has 9 heteroatoms. The highest BCUT2D eigenvalue weighted by Gasteiger charge is 2.39. The van der Waals surface area contributed by atoms with Crippen LogP contribution < -0.4 is 4.90 Å². The fourth-order valence-corrected chi connectivity index (χ4v) is 10.5. The molecule has 0 fully saturated rings. The first-order valence-corrected chi connectivity index (χ1v) is 21.6. The van der Waals surface area contributed by atoms with Gasteiger partial charge in [-0.3, -0.25) is 24.5 Å². The van der Waals surface area contributed by atoms with Gasteiger partial charge in [-0.15, -0.1) is 0 Å². The maximum atomic E-state index is 5.69.